The number of piperazine rings is 1. The van der Waals surface area contributed by atoms with Crippen molar-refractivity contribution in [2.24, 2.45) is 5.41 Å². The average molecular weight is 279 g/mol. The minimum absolute atomic E-state index is 0.0859. The molecule has 0 aromatic carbocycles. The predicted molar refractivity (Wildman–Crippen MR) is 71.5 cm³/mol. The average Bonchev–Trinajstić information content (AvgIpc) is 2.45. The molecule has 6 nitrogen and oxygen atoms in total. The molecule has 110 valence electrons. The van der Waals surface area contributed by atoms with Gasteiger partial charge in [0.05, 0.1) is 6.07 Å². The summed E-state index contributed by atoms with van der Waals surface area (Å²) in [7, 11) is 1.74. The minimum atomic E-state index is -1.04. The van der Waals surface area contributed by atoms with Crippen LogP contribution in [-0.4, -0.2) is 60.5 Å². The number of carbonyl (C=O) groups is 2. The number of likely N-dealkylation sites (N-methyl/N-ethyl adjacent to an activating group) is 1. The van der Waals surface area contributed by atoms with Crippen LogP contribution in [0.4, 0.5) is 0 Å². The molecule has 2 aliphatic rings. The summed E-state index contributed by atoms with van der Waals surface area (Å²) in [4.78, 5) is 28.3. The first-order valence-electron chi connectivity index (χ1n) is 6.92. The fraction of sp³-hybridized carbons (Fsp3) is 0.786. The van der Waals surface area contributed by atoms with Gasteiger partial charge in [-0.05, 0) is 26.7 Å². The van der Waals surface area contributed by atoms with Crippen LogP contribution in [0.3, 0.4) is 0 Å². The highest BCUT2D eigenvalue weighted by molar-refractivity contribution is 5.94. The molecule has 0 unspecified atom stereocenters. The van der Waals surface area contributed by atoms with Gasteiger partial charge in [-0.1, -0.05) is 0 Å². The molecule has 0 atom stereocenters. The lowest BCUT2D eigenvalue weighted by molar-refractivity contribution is -0.163. The lowest BCUT2D eigenvalue weighted by Gasteiger charge is -2.47. The molecule has 20 heavy (non-hydrogen) atoms. The molecule has 0 radical (unpaired) electrons. The van der Waals surface area contributed by atoms with Crippen molar-refractivity contribution in [1.29, 1.82) is 5.26 Å². The Labute approximate surface area is 119 Å². The summed E-state index contributed by atoms with van der Waals surface area (Å²) in [6.07, 6.45) is 0.803. The van der Waals surface area contributed by atoms with Crippen LogP contribution in [0.25, 0.3) is 0 Å². The van der Waals surface area contributed by atoms with Gasteiger partial charge in [-0.25, -0.2) is 0 Å². The Balaban J connectivity index is 2.28. The minimum Gasteiger partial charge on any atom is -0.381 e. The van der Waals surface area contributed by atoms with E-state index in [1.165, 1.54) is 0 Å². The molecule has 0 aromatic heterocycles. The van der Waals surface area contributed by atoms with E-state index in [-0.39, 0.29) is 11.8 Å². The molecule has 0 saturated carbocycles. The maximum atomic E-state index is 12.9. The summed E-state index contributed by atoms with van der Waals surface area (Å²) >= 11 is 0. The number of rotatable bonds is 1. The second kappa shape index (κ2) is 5.06. The van der Waals surface area contributed by atoms with Gasteiger partial charge in [-0.15, -0.1) is 0 Å². The number of carbonyl (C=O) groups excluding carboxylic acids is 2. The van der Waals surface area contributed by atoms with Crippen LogP contribution in [-0.2, 0) is 14.3 Å². The van der Waals surface area contributed by atoms with E-state index in [4.69, 9.17) is 4.74 Å². The van der Waals surface area contributed by atoms with Gasteiger partial charge >= 0.3 is 0 Å². The Hall–Kier alpha value is -1.61. The quantitative estimate of drug-likeness (QED) is 0.696. The molecule has 2 aliphatic heterocycles. The van der Waals surface area contributed by atoms with E-state index in [0.29, 0.717) is 39.1 Å². The fourth-order valence-electron chi connectivity index (χ4n) is 2.92. The zero-order chi connectivity index (χ0) is 15.0. The second-order valence-electron chi connectivity index (χ2n) is 6.05. The highest BCUT2D eigenvalue weighted by Gasteiger charge is 2.50. The molecule has 2 rings (SSSR count). The topological polar surface area (TPSA) is 73.6 Å². The standard InChI is InChI=1S/C14H21N3O3/c1-13(2)11(18)16(3)6-7-17(13)12(19)14(10-15)4-8-20-9-5-14/h4-9H2,1-3H3. The first-order valence-corrected chi connectivity index (χ1v) is 6.92. The SMILES string of the molecule is CN1CCN(C(=O)C2(C#N)CCOCC2)C(C)(C)C1=O. The number of ether oxygens (including phenoxy) is 1. The Morgan fingerprint density at radius 1 is 1.30 bits per heavy atom. The smallest absolute Gasteiger partial charge is 0.247 e. The molecule has 6 heteroatoms. The lowest BCUT2D eigenvalue weighted by Crippen LogP contribution is -2.66. The summed E-state index contributed by atoms with van der Waals surface area (Å²) in [5, 5.41) is 9.48. The van der Waals surface area contributed by atoms with Crippen molar-refractivity contribution in [2.75, 3.05) is 33.4 Å². The lowest BCUT2D eigenvalue weighted by atomic mass is 9.78. The molecular formula is C14H21N3O3. The van der Waals surface area contributed by atoms with E-state index in [1.54, 1.807) is 30.7 Å². The number of hydrogen-bond donors (Lipinski definition) is 0. The van der Waals surface area contributed by atoms with Gasteiger partial charge in [0.1, 0.15) is 11.0 Å². The normalized spacial score (nSPS) is 25.2. The highest BCUT2D eigenvalue weighted by Crippen LogP contribution is 2.35. The first-order chi connectivity index (χ1) is 9.35. The number of amides is 2. The molecule has 2 heterocycles. The van der Waals surface area contributed by atoms with Gasteiger partial charge in [-0.3, -0.25) is 9.59 Å². The molecule has 2 fully saturated rings. The zero-order valence-electron chi connectivity index (χ0n) is 12.3. The van der Waals surface area contributed by atoms with Crippen molar-refractivity contribution in [1.82, 2.24) is 9.80 Å². The number of nitrogens with zero attached hydrogens (tertiary/aromatic N) is 3. The molecule has 0 bridgehead atoms. The molecule has 0 spiro atoms. The van der Waals surface area contributed by atoms with Crippen molar-refractivity contribution in [3.05, 3.63) is 0 Å². The molecule has 0 aliphatic carbocycles. The summed E-state index contributed by atoms with van der Waals surface area (Å²) in [6.45, 7) is 5.30. The van der Waals surface area contributed by atoms with E-state index >= 15 is 0 Å². The van der Waals surface area contributed by atoms with Crippen molar-refractivity contribution >= 4 is 11.8 Å². The Bertz CT molecular complexity index is 461. The summed E-state index contributed by atoms with van der Waals surface area (Å²) < 4.78 is 5.26. The van der Waals surface area contributed by atoms with E-state index in [9.17, 15) is 14.9 Å². The van der Waals surface area contributed by atoms with Crippen LogP contribution in [0.1, 0.15) is 26.7 Å². The van der Waals surface area contributed by atoms with Crippen molar-refractivity contribution in [3.63, 3.8) is 0 Å². The van der Waals surface area contributed by atoms with Crippen molar-refractivity contribution < 1.29 is 14.3 Å². The second-order valence-corrected chi connectivity index (χ2v) is 6.05. The largest absolute Gasteiger partial charge is 0.381 e. The number of nitriles is 1. The number of hydrogen-bond acceptors (Lipinski definition) is 4. The van der Waals surface area contributed by atoms with Gasteiger partial charge in [-0.2, -0.15) is 5.26 Å². The Morgan fingerprint density at radius 3 is 2.45 bits per heavy atom. The van der Waals surface area contributed by atoms with E-state index in [0.717, 1.165) is 0 Å². The molecule has 0 aromatic rings. The maximum Gasteiger partial charge on any atom is 0.247 e. The van der Waals surface area contributed by atoms with Crippen LogP contribution >= 0.6 is 0 Å². The third kappa shape index (κ3) is 2.16. The molecule has 2 saturated heterocycles. The van der Waals surface area contributed by atoms with Crippen LogP contribution in [0.2, 0.25) is 0 Å². The maximum absolute atomic E-state index is 12.9. The van der Waals surface area contributed by atoms with E-state index in [1.807, 2.05) is 0 Å². The summed E-state index contributed by atoms with van der Waals surface area (Å²) in [5.74, 6) is -0.313. The fourth-order valence-corrected chi connectivity index (χ4v) is 2.92. The Morgan fingerprint density at radius 2 is 1.90 bits per heavy atom. The van der Waals surface area contributed by atoms with Crippen molar-refractivity contribution in [3.8, 4) is 6.07 Å². The van der Waals surface area contributed by atoms with Crippen molar-refractivity contribution in [2.45, 2.75) is 32.2 Å². The van der Waals surface area contributed by atoms with Crippen LogP contribution in [0, 0.1) is 16.7 Å². The van der Waals surface area contributed by atoms with E-state index in [2.05, 4.69) is 6.07 Å². The Kier molecular flexibility index (Phi) is 3.74. The monoisotopic (exact) mass is 279 g/mol. The highest BCUT2D eigenvalue weighted by atomic mass is 16.5. The predicted octanol–water partition coefficient (Wildman–Crippen LogP) is 0.386. The first kappa shape index (κ1) is 14.8. The van der Waals surface area contributed by atoms with Gasteiger partial charge in [0.15, 0.2) is 0 Å². The zero-order valence-corrected chi connectivity index (χ0v) is 12.3. The van der Waals surface area contributed by atoms with Gasteiger partial charge in [0, 0.05) is 33.4 Å². The van der Waals surface area contributed by atoms with Gasteiger partial charge in [0.2, 0.25) is 11.8 Å². The van der Waals surface area contributed by atoms with Crippen LogP contribution < -0.4 is 0 Å². The summed E-state index contributed by atoms with van der Waals surface area (Å²) in [6, 6.07) is 2.18. The third-order valence-corrected chi connectivity index (χ3v) is 4.42. The van der Waals surface area contributed by atoms with Crippen LogP contribution in [0.5, 0.6) is 0 Å². The molecule has 0 N–H and O–H groups in total. The van der Waals surface area contributed by atoms with E-state index < -0.39 is 11.0 Å². The van der Waals surface area contributed by atoms with Crippen LogP contribution in [0.15, 0.2) is 0 Å². The molecular weight excluding hydrogens is 258 g/mol. The van der Waals surface area contributed by atoms with Gasteiger partial charge < -0.3 is 14.5 Å². The van der Waals surface area contributed by atoms with Gasteiger partial charge in [0.25, 0.3) is 0 Å². The third-order valence-electron chi connectivity index (χ3n) is 4.42. The summed E-state index contributed by atoms with van der Waals surface area (Å²) in [5.41, 5.74) is -1.93. The molecule has 2 amide bonds.